The number of rotatable bonds is 4. The van der Waals surface area contributed by atoms with Crippen molar-refractivity contribution in [2.45, 2.75) is 6.92 Å². The molecule has 1 N–H and O–H groups in total. The van der Waals surface area contributed by atoms with E-state index in [2.05, 4.69) is 20.9 Å². The minimum atomic E-state index is -1.06. The van der Waals surface area contributed by atoms with E-state index in [-0.39, 0.29) is 5.69 Å². The number of imidazole rings is 1. The van der Waals surface area contributed by atoms with Crippen molar-refractivity contribution in [3.63, 3.8) is 0 Å². The van der Waals surface area contributed by atoms with Gasteiger partial charge in [0.15, 0.2) is 5.69 Å². The average Bonchev–Trinajstić information content (AvgIpc) is 2.68. The molecule has 1 aromatic heterocycles. The summed E-state index contributed by atoms with van der Waals surface area (Å²) in [6.45, 7) is 2.53. The summed E-state index contributed by atoms with van der Waals surface area (Å²) < 4.78 is 7.51. The summed E-state index contributed by atoms with van der Waals surface area (Å²) in [6.07, 6.45) is 0. The molecule has 0 aliphatic rings. The Morgan fingerprint density at radius 3 is 2.53 bits per heavy atom. The normalized spacial score (nSPS) is 10.5. The summed E-state index contributed by atoms with van der Waals surface area (Å²) in [4.78, 5) is 15.2. The van der Waals surface area contributed by atoms with Gasteiger partial charge in [0, 0.05) is 12.6 Å². The molecule has 19 heavy (non-hydrogen) atoms. The van der Waals surface area contributed by atoms with Crippen LogP contribution in [0.3, 0.4) is 0 Å². The number of aromatic nitrogens is 2. The van der Waals surface area contributed by atoms with Crippen LogP contribution in [0.15, 0.2) is 28.9 Å². The zero-order valence-electron chi connectivity index (χ0n) is 10.6. The van der Waals surface area contributed by atoms with Gasteiger partial charge in [0.05, 0.1) is 6.61 Å². The Bertz CT molecular complexity index is 605. The summed E-state index contributed by atoms with van der Waals surface area (Å²) in [5.74, 6) is 0.310. The largest absolute Gasteiger partial charge is 0.494 e. The van der Waals surface area contributed by atoms with Crippen molar-refractivity contribution >= 4 is 21.9 Å². The maximum absolute atomic E-state index is 11.0. The molecule has 0 saturated carbocycles. The second kappa shape index (κ2) is 5.44. The summed E-state index contributed by atoms with van der Waals surface area (Å²) in [5.41, 5.74) is 0.838. The predicted molar refractivity (Wildman–Crippen MR) is 74.5 cm³/mol. The Balaban J connectivity index is 2.41. The fourth-order valence-corrected chi connectivity index (χ4v) is 2.17. The van der Waals surface area contributed by atoms with Gasteiger partial charge in [-0.3, -0.25) is 0 Å². The number of nitrogens with zero attached hydrogens (tertiary/aromatic N) is 2. The lowest BCUT2D eigenvalue weighted by molar-refractivity contribution is 0.0690. The van der Waals surface area contributed by atoms with E-state index in [9.17, 15) is 4.79 Å². The van der Waals surface area contributed by atoms with Crippen LogP contribution in [-0.2, 0) is 7.05 Å². The second-order valence-electron chi connectivity index (χ2n) is 3.90. The Labute approximate surface area is 119 Å². The number of benzene rings is 1. The molecular formula is C13H13BrN2O3. The summed E-state index contributed by atoms with van der Waals surface area (Å²) in [7, 11) is 1.76. The number of carboxylic acids is 1. The highest BCUT2D eigenvalue weighted by atomic mass is 79.9. The van der Waals surface area contributed by atoms with Crippen molar-refractivity contribution in [1.82, 2.24) is 9.55 Å². The SMILES string of the molecule is CCOc1ccc(-c2nc(C(=O)O)c(Br)n2C)cc1. The molecule has 0 unspecified atom stereocenters. The molecule has 1 heterocycles. The molecule has 0 saturated heterocycles. The van der Waals surface area contributed by atoms with E-state index in [1.54, 1.807) is 11.6 Å². The molecule has 2 rings (SSSR count). The first-order valence-corrected chi connectivity index (χ1v) is 6.52. The van der Waals surface area contributed by atoms with E-state index < -0.39 is 5.97 Å². The third-order valence-corrected chi connectivity index (χ3v) is 3.56. The highest BCUT2D eigenvalue weighted by Crippen LogP contribution is 2.26. The van der Waals surface area contributed by atoms with Gasteiger partial charge >= 0.3 is 5.97 Å². The maximum atomic E-state index is 11.0. The van der Waals surface area contributed by atoms with Gasteiger partial charge in [-0.1, -0.05) is 0 Å². The molecule has 5 nitrogen and oxygen atoms in total. The van der Waals surface area contributed by atoms with Crippen LogP contribution in [0.2, 0.25) is 0 Å². The number of carbonyl (C=O) groups is 1. The van der Waals surface area contributed by atoms with Crippen LogP contribution in [0, 0.1) is 0 Å². The topological polar surface area (TPSA) is 64.3 Å². The maximum Gasteiger partial charge on any atom is 0.357 e. The standard InChI is InChI=1S/C13H13BrN2O3/c1-3-19-9-6-4-8(5-7-9)12-15-10(13(17)18)11(14)16(12)2/h4-7H,3H2,1-2H3,(H,17,18). The molecule has 100 valence electrons. The van der Waals surface area contributed by atoms with Crippen LogP contribution in [0.1, 0.15) is 17.4 Å². The predicted octanol–water partition coefficient (Wildman–Crippen LogP) is 2.95. The zero-order chi connectivity index (χ0) is 14.0. The first kappa shape index (κ1) is 13.6. The molecule has 0 radical (unpaired) electrons. The van der Waals surface area contributed by atoms with Gasteiger partial charge in [0.25, 0.3) is 0 Å². The van der Waals surface area contributed by atoms with E-state index in [4.69, 9.17) is 9.84 Å². The summed E-state index contributed by atoms with van der Waals surface area (Å²) in [5, 5.41) is 9.04. The highest BCUT2D eigenvalue weighted by molar-refractivity contribution is 9.10. The number of hydrogen-bond donors (Lipinski definition) is 1. The average molecular weight is 325 g/mol. The van der Waals surface area contributed by atoms with Crippen molar-refractivity contribution in [3.8, 4) is 17.1 Å². The zero-order valence-corrected chi connectivity index (χ0v) is 12.1. The summed E-state index contributed by atoms with van der Waals surface area (Å²) >= 11 is 3.23. The summed E-state index contributed by atoms with van der Waals surface area (Å²) in [6, 6.07) is 7.38. The van der Waals surface area contributed by atoms with Crippen LogP contribution in [0.5, 0.6) is 5.75 Å². The number of aromatic carboxylic acids is 1. The second-order valence-corrected chi connectivity index (χ2v) is 4.65. The van der Waals surface area contributed by atoms with E-state index in [1.807, 2.05) is 31.2 Å². The lowest BCUT2D eigenvalue weighted by atomic mass is 10.2. The monoisotopic (exact) mass is 324 g/mol. The quantitative estimate of drug-likeness (QED) is 0.939. The van der Waals surface area contributed by atoms with E-state index in [0.29, 0.717) is 17.0 Å². The molecule has 0 spiro atoms. The molecule has 6 heteroatoms. The molecule has 0 aliphatic heterocycles. The third kappa shape index (κ3) is 2.63. The van der Waals surface area contributed by atoms with Crippen LogP contribution in [-0.4, -0.2) is 27.2 Å². The van der Waals surface area contributed by atoms with Gasteiger partial charge < -0.3 is 14.4 Å². The molecule has 0 aliphatic carbocycles. The van der Waals surface area contributed by atoms with Crippen molar-refractivity contribution < 1.29 is 14.6 Å². The van der Waals surface area contributed by atoms with Gasteiger partial charge in [0.1, 0.15) is 16.2 Å². The molecule has 0 amide bonds. The molecule has 0 fully saturated rings. The van der Waals surface area contributed by atoms with E-state index >= 15 is 0 Å². The Hall–Kier alpha value is -1.82. The molecular weight excluding hydrogens is 312 g/mol. The number of halogens is 1. The minimum Gasteiger partial charge on any atom is -0.494 e. The first-order valence-electron chi connectivity index (χ1n) is 5.73. The lowest BCUT2D eigenvalue weighted by Crippen LogP contribution is -1.97. The lowest BCUT2D eigenvalue weighted by Gasteiger charge is -2.05. The fourth-order valence-electron chi connectivity index (χ4n) is 1.74. The molecule has 0 atom stereocenters. The van der Waals surface area contributed by atoms with Gasteiger partial charge in [-0.05, 0) is 47.1 Å². The number of hydrogen-bond acceptors (Lipinski definition) is 3. The van der Waals surface area contributed by atoms with Crippen LogP contribution in [0.25, 0.3) is 11.4 Å². The number of ether oxygens (including phenoxy) is 1. The van der Waals surface area contributed by atoms with Gasteiger partial charge in [0.2, 0.25) is 0 Å². The van der Waals surface area contributed by atoms with Gasteiger partial charge in [-0.15, -0.1) is 0 Å². The van der Waals surface area contributed by atoms with Gasteiger partial charge in [-0.2, -0.15) is 0 Å². The van der Waals surface area contributed by atoms with Crippen molar-refractivity contribution in [2.75, 3.05) is 6.61 Å². The van der Waals surface area contributed by atoms with Crippen molar-refractivity contribution in [1.29, 1.82) is 0 Å². The fraction of sp³-hybridized carbons (Fsp3) is 0.231. The Morgan fingerprint density at radius 2 is 2.05 bits per heavy atom. The molecule has 2 aromatic rings. The van der Waals surface area contributed by atoms with Crippen molar-refractivity contribution in [3.05, 3.63) is 34.6 Å². The smallest absolute Gasteiger partial charge is 0.357 e. The van der Waals surface area contributed by atoms with Crippen LogP contribution in [0.4, 0.5) is 0 Å². The van der Waals surface area contributed by atoms with E-state index in [1.165, 1.54) is 0 Å². The van der Waals surface area contributed by atoms with Crippen LogP contribution < -0.4 is 4.74 Å². The van der Waals surface area contributed by atoms with Crippen molar-refractivity contribution in [2.24, 2.45) is 7.05 Å². The minimum absolute atomic E-state index is 0.00591. The van der Waals surface area contributed by atoms with Gasteiger partial charge in [-0.25, -0.2) is 9.78 Å². The highest BCUT2D eigenvalue weighted by Gasteiger charge is 2.18. The first-order chi connectivity index (χ1) is 9.04. The Morgan fingerprint density at radius 1 is 1.42 bits per heavy atom. The molecule has 0 bridgehead atoms. The number of carboxylic acid groups (broad SMARTS) is 1. The Kier molecular flexibility index (Phi) is 3.90. The van der Waals surface area contributed by atoms with E-state index in [0.717, 1.165) is 11.3 Å². The third-order valence-electron chi connectivity index (χ3n) is 2.65. The molecule has 1 aromatic carbocycles. The van der Waals surface area contributed by atoms with Crippen LogP contribution >= 0.6 is 15.9 Å².